The minimum absolute atomic E-state index is 0.134. The molecule has 2 aromatic rings. The SMILES string of the molecule is CC[C@@H](Cc1ncc(F)cn1)S(=O)(=O)NCc1ccc(OC)cc1. The molecule has 0 radical (unpaired) electrons. The van der Waals surface area contributed by atoms with Gasteiger partial charge in [0, 0.05) is 13.0 Å². The lowest BCUT2D eigenvalue weighted by Gasteiger charge is -2.16. The van der Waals surface area contributed by atoms with Gasteiger partial charge in [-0.05, 0) is 24.1 Å². The van der Waals surface area contributed by atoms with E-state index in [0.717, 1.165) is 18.0 Å². The zero-order chi connectivity index (χ0) is 17.6. The van der Waals surface area contributed by atoms with E-state index in [9.17, 15) is 12.8 Å². The largest absolute Gasteiger partial charge is 0.497 e. The Hall–Kier alpha value is -2.06. The van der Waals surface area contributed by atoms with Crippen molar-refractivity contribution in [2.45, 2.75) is 31.6 Å². The topological polar surface area (TPSA) is 81.2 Å². The minimum atomic E-state index is -3.55. The first kappa shape index (κ1) is 18.3. The molecule has 1 aromatic heterocycles. The van der Waals surface area contributed by atoms with Crippen molar-refractivity contribution < 1.29 is 17.5 Å². The van der Waals surface area contributed by atoms with E-state index in [0.29, 0.717) is 18.0 Å². The Kier molecular flexibility index (Phi) is 6.22. The van der Waals surface area contributed by atoms with Crippen LogP contribution in [-0.4, -0.2) is 30.7 Å². The highest BCUT2D eigenvalue weighted by Crippen LogP contribution is 2.13. The minimum Gasteiger partial charge on any atom is -0.497 e. The molecule has 0 aliphatic heterocycles. The molecule has 0 saturated carbocycles. The molecule has 1 atom stereocenters. The maximum atomic E-state index is 12.8. The Morgan fingerprint density at radius 1 is 1.21 bits per heavy atom. The molecule has 0 spiro atoms. The monoisotopic (exact) mass is 353 g/mol. The van der Waals surface area contributed by atoms with Crippen molar-refractivity contribution in [1.82, 2.24) is 14.7 Å². The van der Waals surface area contributed by atoms with Crippen LogP contribution in [-0.2, 0) is 23.0 Å². The van der Waals surface area contributed by atoms with Crippen LogP contribution in [0.5, 0.6) is 5.75 Å². The van der Waals surface area contributed by atoms with Gasteiger partial charge in [0.25, 0.3) is 0 Å². The number of rotatable bonds is 8. The summed E-state index contributed by atoms with van der Waals surface area (Å²) in [6.45, 7) is 1.97. The first-order chi connectivity index (χ1) is 11.4. The number of aromatic nitrogens is 2. The van der Waals surface area contributed by atoms with Gasteiger partial charge in [0.1, 0.15) is 11.6 Å². The fourth-order valence-corrected chi connectivity index (χ4v) is 3.58. The maximum absolute atomic E-state index is 12.8. The lowest BCUT2D eigenvalue weighted by Crippen LogP contribution is -2.35. The first-order valence-corrected chi connectivity index (χ1v) is 9.07. The Morgan fingerprint density at radius 2 is 1.83 bits per heavy atom. The zero-order valence-corrected chi connectivity index (χ0v) is 14.4. The molecule has 0 unspecified atom stereocenters. The van der Waals surface area contributed by atoms with Crippen molar-refractivity contribution in [3.63, 3.8) is 0 Å². The molecule has 0 amide bonds. The lowest BCUT2D eigenvalue weighted by atomic mass is 10.2. The van der Waals surface area contributed by atoms with E-state index in [1.54, 1.807) is 38.3 Å². The second-order valence-corrected chi connectivity index (χ2v) is 7.31. The van der Waals surface area contributed by atoms with Crippen LogP contribution in [0.3, 0.4) is 0 Å². The van der Waals surface area contributed by atoms with Crippen molar-refractivity contribution >= 4 is 10.0 Å². The van der Waals surface area contributed by atoms with Gasteiger partial charge >= 0.3 is 0 Å². The summed E-state index contributed by atoms with van der Waals surface area (Å²) in [5.74, 6) is 0.465. The van der Waals surface area contributed by atoms with Gasteiger partial charge in [-0.1, -0.05) is 19.1 Å². The summed E-state index contributed by atoms with van der Waals surface area (Å²) >= 11 is 0. The number of ether oxygens (including phenoxy) is 1. The summed E-state index contributed by atoms with van der Waals surface area (Å²) in [6, 6.07) is 7.14. The van der Waals surface area contributed by atoms with Gasteiger partial charge in [-0.25, -0.2) is 27.5 Å². The zero-order valence-electron chi connectivity index (χ0n) is 13.6. The van der Waals surface area contributed by atoms with Crippen LogP contribution in [0.25, 0.3) is 0 Å². The molecule has 24 heavy (non-hydrogen) atoms. The van der Waals surface area contributed by atoms with Crippen LogP contribution in [0, 0.1) is 5.82 Å². The molecule has 1 aromatic carbocycles. The van der Waals surface area contributed by atoms with Crippen LogP contribution in [0.1, 0.15) is 24.7 Å². The fraction of sp³-hybridized carbons (Fsp3) is 0.375. The van der Waals surface area contributed by atoms with E-state index in [-0.39, 0.29) is 13.0 Å². The summed E-state index contributed by atoms with van der Waals surface area (Å²) in [7, 11) is -1.98. The average molecular weight is 353 g/mol. The maximum Gasteiger partial charge on any atom is 0.215 e. The highest BCUT2D eigenvalue weighted by atomic mass is 32.2. The Labute approximate surface area is 141 Å². The van der Waals surface area contributed by atoms with Crippen LogP contribution in [0.2, 0.25) is 0 Å². The summed E-state index contributed by atoms with van der Waals surface area (Å²) < 4.78 is 45.4. The third kappa shape index (κ3) is 4.97. The van der Waals surface area contributed by atoms with Crippen LogP contribution < -0.4 is 9.46 Å². The summed E-state index contributed by atoms with van der Waals surface area (Å²) in [6.07, 6.45) is 2.60. The number of nitrogens with zero attached hydrogens (tertiary/aromatic N) is 2. The number of nitrogens with one attached hydrogen (secondary N) is 1. The van der Waals surface area contributed by atoms with Gasteiger partial charge in [-0.15, -0.1) is 0 Å². The molecule has 1 heterocycles. The molecule has 0 bridgehead atoms. The molecule has 6 nitrogen and oxygen atoms in total. The van der Waals surface area contributed by atoms with E-state index in [2.05, 4.69) is 14.7 Å². The number of sulfonamides is 1. The van der Waals surface area contributed by atoms with Crippen LogP contribution in [0.4, 0.5) is 4.39 Å². The fourth-order valence-electron chi connectivity index (χ4n) is 2.17. The van der Waals surface area contributed by atoms with Crippen molar-refractivity contribution in [3.8, 4) is 5.75 Å². The van der Waals surface area contributed by atoms with E-state index in [1.165, 1.54) is 0 Å². The summed E-state index contributed by atoms with van der Waals surface area (Å²) in [4.78, 5) is 7.65. The van der Waals surface area contributed by atoms with E-state index in [1.807, 2.05) is 0 Å². The molecule has 2 rings (SSSR count). The molecular formula is C16H20FN3O3S. The van der Waals surface area contributed by atoms with Crippen molar-refractivity contribution in [2.75, 3.05) is 7.11 Å². The van der Waals surface area contributed by atoms with Crippen molar-refractivity contribution in [2.24, 2.45) is 0 Å². The number of methoxy groups -OCH3 is 1. The molecule has 8 heteroatoms. The second kappa shape index (κ2) is 8.16. The number of hydrogen-bond donors (Lipinski definition) is 1. The van der Waals surface area contributed by atoms with Crippen LogP contribution in [0.15, 0.2) is 36.7 Å². The Balaban J connectivity index is 2.01. The molecule has 130 valence electrons. The number of halogens is 1. The van der Waals surface area contributed by atoms with E-state index < -0.39 is 21.1 Å². The quantitative estimate of drug-likeness (QED) is 0.786. The van der Waals surface area contributed by atoms with Crippen molar-refractivity contribution in [3.05, 3.63) is 53.9 Å². The van der Waals surface area contributed by atoms with E-state index >= 15 is 0 Å². The molecular weight excluding hydrogens is 333 g/mol. The van der Waals surface area contributed by atoms with Gasteiger partial charge < -0.3 is 4.74 Å². The predicted octanol–water partition coefficient (Wildman–Crippen LogP) is 2.07. The summed E-state index contributed by atoms with van der Waals surface area (Å²) in [5, 5.41) is -0.679. The highest BCUT2D eigenvalue weighted by Gasteiger charge is 2.24. The number of benzene rings is 1. The average Bonchev–Trinajstić information content (AvgIpc) is 2.59. The van der Waals surface area contributed by atoms with Gasteiger partial charge in [0.05, 0.1) is 24.8 Å². The molecule has 0 fully saturated rings. The van der Waals surface area contributed by atoms with E-state index in [4.69, 9.17) is 4.74 Å². The molecule has 0 aliphatic carbocycles. The van der Waals surface area contributed by atoms with Gasteiger partial charge in [0.2, 0.25) is 10.0 Å². The van der Waals surface area contributed by atoms with Gasteiger partial charge in [-0.3, -0.25) is 0 Å². The number of hydrogen-bond acceptors (Lipinski definition) is 5. The van der Waals surface area contributed by atoms with Crippen molar-refractivity contribution in [1.29, 1.82) is 0 Å². The molecule has 0 aliphatic rings. The second-order valence-electron chi connectivity index (χ2n) is 5.27. The smallest absolute Gasteiger partial charge is 0.215 e. The normalized spacial score (nSPS) is 12.8. The predicted molar refractivity (Wildman–Crippen MR) is 88.5 cm³/mol. The third-order valence-corrected chi connectivity index (χ3v) is 5.54. The third-order valence-electron chi connectivity index (χ3n) is 3.61. The Morgan fingerprint density at radius 3 is 2.38 bits per heavy atom. The first-order valence-electron chi connectivity index (χ1n) is 7.52. The standard InChI is InChI=1S/C16H20FN3O3S/c1-3-15(8-16-18-10-13(17)11-19-16)24(21,22)20-9-12-4-6-14(23-2)7-5-12/h4-7,10-11,15,20H,3,8-9H2,1-2H3/t15-/m0/s1. The highest BCUT2D eigenvalue weighted by molar-refractivity contribution is 7.90. The summed E-state index contributed by atoms with van der Waals surface area (Å²) in [5.41, 5.74) is 0.826. The van der Waals surface area contributed by atoms with Gasteiger partial charge in [0.15, 0.2) is 5.82 Å². The Bertz CT molecular complexity index is 749. The van der Waals surface area contributed by atoms with Gasteiger partial charge in [-0.2, -0.15) is 0 Å². The lowest BCUT2D eigenvalue weighted by molar-refractivity contribution is 0.414. The molecule has 0 saturated heterocycles. The molecule has 1 N–H and O–H groups in total. The van der Waals surface area contributed by atoms with Crippen LogP contribution >= 0.6 is 0 Å².